The molecule has 1 aromatic rings. The molecular formula is C2H3N3O2S2. The third kappa shape index (κ3) is 1.44. The molecule has 0 aliphatic rings. The predicted molar refractivity (Wildman–Crippen MR) is 31.3 cm³/mol. The summed E-state index contributed by atoms with van der Waals surface area (Å²) in [6.07, 6.45) is 1.11. The van der Waals surface area contributed by atoms with E-state index < -0.39 is 10.0 Å². The molecule has 50 valence electrons. The molecule has 0 atom stereocenters. The third-order valence-electron chi connectivity index (χ3n) is 0.622. The minimum absolute atomic E-state index is 0.0116. The van der Waals surface area contributed by atoms with E-state index >= 15 is 0 Å². The van der Waals surface area contributed by atoms with E-state index in [1.807, 2.05) is 0 Å². The quantitative estimate of drug-likeness (QED) is 0.589. The van der Waals surface area contributed by atoms with Crippen molar-refractivity contribution in [2.75, 3.05) is 0 Å². The highest BCUT2D eigenvalue weighted by Gasteiger charge is 2.08. The lowest BCUT2D eigenvalue weighted by Crippen LogP contribution is -2.09. The van der Waals surface area contributed by atoms with Crippen LogP contribution >= 0.6 is 11.5 Å². The van der Waals surface area contributed by atoms with Crippen LogP contribution in [0.1, 0.15) is 0 Å². The van der Waals surface area contributed by atoms with Gasteiger partial charge in [-0.15, -0.1) is 5.10 Å². The molecule has 1 rings (SSSR count). The summed E-state index contributed by atoms with van der Waals surface area (Å²) < 4.78 is 24.1. The van der Waals surface area contributed by atoms with Crippen molar-refractivity contribution < 1.29 is 8.42 Å². The second kappa shape index (κ2) is 2.01. The fraction of sp³-hybridized carbons (Fsp3) is 0. The summed E-state index contributed by atoms with van der Waals surface area (Å²) in [6.45, 7) is 0. The van der Waals surface area contributed by atoms with E-state index in [4.69, 9.17) is 5.14 Å². The van der Waals surface area contributed by atoms with E-state index in [1.165, 1.54) is 0 Å². The highest BCUT2D eigenvalue weighted by atomic mass is 32.2. The molecule has 0 unspecified atom stereocenters. The van der Waals surface area contributed by atoms with Crippen LogP contribution in [0.25, 0.3) is 0 Å². The van der Waals surface area contributed by atoms with E-state index in [1.54, 1.807) is 0 Å². The Kier molecular flexibility index (Phi) is 1.47. The molecule has 5 nitrogen and oxygen atoms in total. The molecule has 0 aliphatic heterocycles. The average molecular weight is 165 g/mol. The summed E-state index contributed by atoms with van der Waals surface area (Å²) in [5.41, 5.74) is 0. The van der Waals surface area contributed by atoms with E-state index in [0.717, 1.165) is 17.7 Å². The van der Waals surface area contributed by atoms with Crippen LogP contribution in [0.5, 0.6) is 0 Å². The predicted octanol–water partition coefficient (Wildman–Crippen LogP) is -0.815. The van der Waals surface area contributed by atoms with Crippen LogP contribution in [0.3, 0.4) is 0 Å². The molecule has 0 fully saturated rings. The molecule has 0 bridgehead atoms. The molecule has 0 amide bonds. The zero-order chi connectivity index (χ0) is 6.91. The molecule has 0 radical (unpaired) electrons. The fourth-order valence-corrected chi connectivity index (χ4v) is 1.26. The smallest absolute Gasteiger partial charge is 0.224 e. The largest absolute Gasteiger partial charge is 0.250 e. The van der Waals surface area contributed by atoms with Gasteiger partial charge >= 0.3 is 0 Å². The highest BCUT2D eigenvalue weighted by Crippen LogP contribution is 2.06. The van der Waals surface area contributed by atoms with E-state index in [-0.39, 0.29) is 4.21 Å². The zero-order valence-corrected chi connectivity index (χ0v) is 5.82. The van der Waals surface area contributed by atoms with Gasteiger partial charge in [-0.3, -0.25) is 0 Å². The van der Waals surface area contributed by atoms with Gasteiger partial charge in [0.15, 0.2) is 4.21 Å². The van der Waals surface area contributed by atoms with Crippen molar-refractivity contribution >= 4 is 21.6 Å². The fourth-order valence-electron chi connectivity index (χ4n) is 0.283. The summed E-state index contributed by atoms with van der Waals surface area (Å²) in [5, 5.41) is 8.00. The summed E-state index contributed by atoms with van der Waals surface area (Å²) in [6, 6.07) is 0. The molecule has 0 aliphatic carbocycles. The molecule has 1 aromatic heterocycles. The molecule has 7 heteroatoms. The number of primary sulfonamides is 1. The van der Waals surface area contributed by atoms with Crippen molar-refractivity contribution in [2.24, 2.45) is 5.14 Å². The van der Waals surface area contributed by atoms with Crippen LogP contribution in [-0.4, -0.2) is 18.0 Å². The molecule has 0 saturated carbocycles. The van der Waals surface area contributed by atoms with Crippen LogP contribution in [0.4, 0.5) is 0 Å². The van der Waals surface area contributed by atoms with Crippen LogP contribution in [0, 0.1) is 0 Å². The lowest BCUT2D eigenvalue weighted by Gasteiger charge is -1.83. The van der Waals surface area contributed by atoms with Crippen molar-refractivity contribution in [3.05, 3.63) is 6.20 Å². The summed E-state index contributed by atoms with van der Waals surface area (Å²) in [7, 11) is -3.57. The van der Waals surface area contributed by atoms with Gasteiger partial charge in [0, 0.05) is 11.5 Å². The zero-order valence-electron chi connectivity index (χ0n) is 4.18. The van der Waals surface area contributed by atoms with Gasteiger partial charge in [-0.2, -0.15) is 0 Å². The van der Waals surface area contributed by atoms with Crippen molar-refractivity contribution in [1.82, 2.24) is 9.59 Å². The number of rotatable bonds is 1. The first-order chi connectivity index (χ1) is 4.11. The second-order valence-corrected chi connectivity index (χ2v) is 3.86. The van der Waals surface area contributed by atoms with Gasteiger partial charge in [0.1, 0.15) is 0 Å². The molecule has 0 spiro atoms. The molecular weight excluding hydrogens is 162 g/mol. The maximum atomic E-state index is 10.4. The van der Waals surface area contributed by atoms with Gasteiger partial charge < -0.3 is 0 Å². The molecule has 1 heterocycles. The highest BCUT2D eigenvalue weighted by molar-refractivity contribution is 7.91. The number of hydrogen-bond acceptors (Lipinski definition) is 5. The normalized spacial score (nSPS) is 11.7. The van der Waals surface area contributed by atoms with Gasteiger partial charge in [-0.05, 0) is 0 Å². The Morgan fingerprint density at radius 2 is 2.33 bits per heavy atom. The lowest BCUT2D eigenvalue weighted by atomic mass is 11.0. The van der Waals surface area contributed by atoms with Gasteiger partial charge in [-0.1, -0.05) is 4.49 Å². The Hall–Kier alpha value is -0.530. The molecule has 0 aromatic carbocycles. The first kappa shape index (κ1) is 6.59. The average Bonchev–Trinajstić information content (AvgIpc) is 2.08. The number of hydrogen-bond donors (Lipinski definition) is 1. The monoisotopic (exact) mass is 165 g/mol. The first-order valence-electron chi connectivity index (χ1n) is 1.91. The van der Waals surface area contributed by atoms with Crippen molar-refractivity contribution in [3.63, 3.8) is 0 Å². The Morgan fingerprint density at radius 3 is 2.56 bits per heavy atom. The van der Waals surface area contributed by atoms with Crippen molar-refractivity contribution in [2.45, 2.75) is 4.21 Å². The number of nitrogens with two attached hydrogens (primary N) is 1. The minimum Gasteiger partial charge on any atom is -0.224 e. The SMILES string of the molecule is NS(=O)(=O)c1cnns1. The Morgan fingerprint density at radius 1 is 1.67 bits per heavy atom. The van der Waals surface area contributed by atoms with Crippen LogP contribution in [0.15, 0.2) is 10.4 Å². The Bertz CT molecular complexity index is 275. The van der Waals surface area contributed by atoms with Crippen molar-refractivity contribution in [3.8, 4) is 0 Å². The third-order valence-corrected chi connectivity index (χ3v) is 2.67. The summed E-state index contributed by atoms with van der Waals surface area (Å²) >= 11 is 0.756. The maximum absolute atomic E-state index is 10.4. The van der Waals surface area contributed by atoms with E-state index in [9.17, 15) is 8.42 Å². The summed E-state index contributed by atoms with van der Waals surface area (Å²) in [4.78, 5) is 0. The summed E-state index contributed by atoms with van der Waals surface area (Å²) in [5.74, 6) is 0. The number of sulfonamides is 1. The number of aromatic nitrogens is 2. The second-order valence-electron chi connectivity index (χ2n) is 1.28. The Balaban J connectivity index is 3.20. The maximum Gasteiger partial charge on any atom is 0.250 e. The van der Waals surface area contributed by atoms with Gasteiger partial charge in [0.2, 0.25) is 0 Å². The first-order valence-corrected chi connectivity index (χ1v) is 4.23. The Labute approximate surface area is 55.7 Å². The van der Waals surface area contributed by atoms with Crippen LogP contribution in [0.2, 0.25) is 0 Å². The molecule has 0 saturated heterocycles. The molecule has 9 heavy (non-hydrogen) atoms. The lowest BCUT2D eigenvalue weighted by molar-refractivity contribution is 0.599. The van der Waals surface area contributed by atoms with Crippen LogP contribution < -0.4 is 5.14 Å². The van der Waals surface area contributed by atoms with Gasteiger partial charge in [-0.25, -0.2) is 13.6 Å². The molecule has 2 N–H and O–H groups in total. The minimum atomic E-state index is -3.57. The van der Waals surface area contributed by atoms with E-state index in [0.29, 0.717) is 0 Å². The van der Waals surface area contributed by atoms with Crippen molar-refractivity contribution in [1.29, 1.82) is 0 Å². The van der Waals surface area contributed by atoms with Gasteiger partial charge in [0.05, 0.1) is 6.20 Å². The standard InChI is InChI=1S/C2H3N3O2S2/c3-9(6,7)2-1-4-5-8-2/h1H,(H2,3,6,7). The van der Waals surface area contributed by atoms with Crippen LogP contribution in [-0.2, 0) is 10.0 Å². The number of nitrogens with zero attached hydrogens (tertiary/aromatic N) is 2. The topological polar surface area (TPSA) is 85.9 Å². The van der Waals surface area contributed by atoms with Gasteiger partial charge in [0.25, 0.3) is 10.0 Å². The van der Waals surface area contributed by atoms with E-state index in [2.05, 4.69) is 9.59 Å².